The summed E-state index contributed by atoms with van der Waals surface area (Å²) in [6.07, 6.45) is 0.998. The maximum Gasteiger partial charge on any atom is 0.138 e. The molecule has 1 fully saturated rings. The molecular formula is C16H28N4O. The minimum Gasteiger partial charge on any atom is -0.379 e. The number of ether oxygens (including phenoxy) is 1. The van der Waals surface area contributed by atoms with E-state index >= 15 is 0 Å². The summed E-state index contributed by atoms with van der Waals surface area (Å²) in [4.78, 5) is 9.48. The van der Waals surface area contributed by atoms with E-state index in [-0.39, 0.29) is 11.0 Å². The van der Waals surface area contributed by atoms with Crippen LogP contribution in [0.2, 0.25) is 0 Å². The molecule has 1 unspecified atom stereocenters. The second-order valence-corrected chi connectivity index (χ2v) is 7.14. The monoisotopic (exact) mass is 292 g/mol. The standard InChI is InChI=1S/C16H28N4O/c1-7-17-12-11(2)13(19-14(18-12)15(3,4)5)20-16(6)8-9-21-10-16/h7-10H2,1-6H3,(H2,17,18,19,20). The third kappa shape index (κ3) is 3.64. The number of nitrogens with one attached hydrogen (secondary N) is 2. The summed E-state index contributed by atoms with van der Waals surface area (Å²) in [7, 11) is 0. The van der Waals surface area contributed by atoms with Crippen molar-refractivity contribution in [2.24, 2.45) is 0 Å². The topological polar surface area (TPSA) is 59.1 Å². The van der Waals surface area contributed by atoms with E-state index in [0.717, 1.165) is 49.2 Å². The summed E-state index contributed by atoms with van der Waals surface area (Å²) >= 11 is 0. The van der Waals surface area contributed by atoms with Gasteiger partial charge < -0.3 is 15.4 Å². The molecule has 0 spiro atoms. The summed E-state index contributed by atoms with van der Waals surface area (Å²) in [5, 5.41) is 6.92. The number of nitrogens with zero attached hydrogens (tertiary/aromatic N) is 2. The summed E-state index contributed by atoms with van der Waals surface area (Å²) in [6, 6.07) is 0. The predicted octanol–water partition coefficient (Wildman–Crippen LogP) is 3.11. The third-order valence-electron chi connectivity index (χ3n) is 3.80. The van der Waals surface area contributed by atoms with Crippen molar-refractivity contribution in [1.82, 2.24) is 9.97 Å². The maximum absolute atomic E-state index is 5.53. The lowest BCUT2D eigenvalue weighted by Crippen LogP contribution is -2.36. The van der Waals surface area contributed by atoms with Crippen LogP contribution in [0.5, 0.6) is 0 Å². The smallest absolute Gasteiger partial charge is 0.138 e. The van der Waals surface area contributed by atoms with Crippen LogP contribution in [0.4, 0.5) is 11.6 Å². The zero-order valence-electron chi connectivity index (χ0n) is 14.1. The molecule has 1 atom stereocenters. The van der Waals surface area contributed by atoms with Crippen LogP contribution in [-0.4, -0.2) is 35.3 Å². The second-order valence-electron chi connectivity index (χ2n) is 7.14. The second kappa shape index (κ2) is 5.79. The lowest BCUT2D eigenvalue weighted by Gasteiger charge is -2.27. The van der Waals surface area contributed by atoms with Crippen molar-refractivity contribution in [3.8, 4) is 0 Å². The SMILES string of the molecule is CCNc1nc(C(C)(C)C)nc(NC2(C)CCOC2)c1C. The van der Waals surface area contributed by atoms with Gasteiger partial charge in [0.15, 0.2) is 0 Å². The fourth-order valence-electron chi connectivity index (χ4n) is 2.36. The molecule has 1 aromatic heterocycles. The third-order valence-corrected chi connectivity index (χ3v) is 3.80. The highest BCUT2D eigenvalue weighted by Crippen LogP contribution is 2.30. The van der Waals surface area contributed by atoms with Gasteiger partial charge in [-0.3, -0.25) is 0 Å². The van der Waals surface area contributed by atoms with Gasteiger partial charge in [-0.15, -0.1) is 0 Å². The van der Waals surface area contributed by atoms with Gasteiger partial charge in [0.05, 0.1) is 12.1 Å². The molecule has 0 amide bonds. The van der Waals surface area contributed by atoms with Crippen LogP contribution in [0.1, 0.15) is 52.4 Å². The van der Waals surface area contributed by atoms with Gasteiger partial charge in [-0.05, 0) is 27.2 Å². The Labute approximate surface area is 127 Å². The first-order valence-corrected chi connectivity index (χ1v) is 7.74. The van der Waals surface area contributed by atoms with Gasteiger partial charge in [0.2, 0.25) is 0 Å². The fraction of sp³-hybridized carbons (Fsp3) is 0.750. The number of hydrogen-bond acceptors (Lipinski definition) is 5. The van der Waals surface area contributed by atoms with Gasteiger partial charge in [0.25, 0.3) is 0 Å². The molecule has 1 aromatic rings. The van der Waals surface area contributed by atoms with E-state index in [9.17, 15) is 0 Å². The number of hydrogen-bond donors (Lipinski definition) is 2. The van der Waals surface area contributed by atoms with E-state index in [0.29, 0.717) is 0 Å². The molecule has 0 radical (unpaired) electrons. The van der Waals surface area contributed by atoms with Crippen LogP contribution in [0.25, 0.3) is 0 Å². The van der Waals surface area contributed by atoms with Crippen LogP contribution in [-0.2, 0) is 10.2 Å². The highest BCUT2D eigenvalue weighted by atomic mass is 16.5. The largest absolute Gasteiger partial charge is 0.379 e. The minimum atomic E-state index is -0.0820. The Morgan fingerprint density at radius 3 is 2.43 bits per heavy atom. The molecule has 2 N–H and O–H groups in total. The fourth-order valence-corrected chi connectivity index (χ4v) is 2.36. The zero-order chi connectivity index (χ0) is 15.7. The zero-order valence-corrected chi connectivity index (χ0v) is 14.1. The number of rotatable bonds is 4. The molecular weight excluding hydrogens is 264 g/mol. The quantitative estimate of drug-likeness (QED) is 0.893. The molecule has 0 aromatic carbocycles. The van der Waals surface area contributed by atoms with Crippen molar-refractivity contribution in [2.45, 2.75) is 58.9 Å². The normalized spacial score (nSPS) is 22.4. The average Bonchev–Trinajstić information content (AvgIpc) is 2.80. The van der Waals surface area contributed by atoms with Crippen LogP contribution in [0.15, 0.2) is 0 Å². The van der Waals surface area contributed by atoms with Crippen molar-refractivity contribution >= 4 is 11.6 Å². The maximum atomic E-state index is 5.53. The van der Waals surface area contributed by atoms with Crippen LogP contribution in [0.3, 0.4) is 0 Å². The van der Waals surface area contributed by atoms with Crippen LogP contribution >= 0.6 is 0 Å². The molecule has 118 valence electrons. The average molecular weight is 292 g/mol. The molecule has 0 aliphatic carbocycles. The lowest BCUT2D eigenvalue weighted by molar-refractivity contribution is 0.185. The molecule has 0 saturated carbocycles. The first kappa shape index (κ1) is 16.0. The Morgan fingerprint density at radius 1 is 1.24 bits per heavy atom. The van der Waals surface area contributed by atoms with Gasteiger partial charge in [0.1, 0.15) is 17.5 Å². The summed E-state index contributed by atoms with van der Waals surface area (Å²) in [5.41, 5.74) is 0.942. The molecule has 1 aliphatic rings. The molecule has 2 rings (SSSR count). The Kier molecular flexibility index (Phi) is 4.42. The van der Waals surface area contributed by atoms with E-state index in [4.69, 9.17) is 14.7 Å². The van der Waals surface area contributed by atoms with Crippen molar-refractivity contribution in [1.29, 1.82) is 0 Å². The molecule has 2 heterocycles. The molecule has 5 heteroatoms. The Balaban J connectivity index is 2.40. The van der Waals surface area contributed by atoms with E-state index in [1.165, 1.54) is 0 Å². The molecule has 21 heavy (non-hydrogen) atoms. The van der Waals surface area contributed by atoms with E-state index < -0.39 is 0 Å². The van der Waals surface area contributed by atoms with Gasteiger partial charge in [-0.1, -0.05) is 20.8 Å². The van der Waals surface area contributed by atoms with Crippen molar-refractivity contribution in [2.75, 3.05) is 30.4 Å². The van der Waals surface area contributed by atoms with E-state index in [1.807, 2.05) is 0 Å². The van der Waals surface area contributed by atoms with Crippen molar-refractivity contribution < 1.29 is 4.74 Å². The first-order valence-electron chi connectivity index (χ1n) is 7.74. The molecule has 1 saturated heterocycles. The van der Waals surface area contributed by atoms with Gasteiger partial charge >= 0.3 is 0 Å². The molecule has 1 aliphatic heterocycles. The predicted molar refractivity (Wildman–Crippen MR) is 87.1 cm³/mol. The van der Waals surface area contributed by atoms with E-state index in [2.05, 4.69) is 52.2 Å². The van der Waals surface area contributed by atoms with Gasteiger partial charge in [-0.25, -0.2) is 9.97 Å². The number of aromatic nitrogens is 2. The van der Waals surface area contributed by atoms with E-state index in [1.54, 1.807) is 0 Å². The summed E-state index contributed by atoms with van der Waals surface area (Å²) < 4.78 is 5.53. The van der Waals surface area contributed by atoms with Gasteiger partial charge in [0, 0.05) is 24.1 Å². The highest BCUT2D eigenvalue weighted by molar-refractivity contribution is 5.58. The lowest BCUT2D eigenvalue weighted by atomic mass is 9.95. The first-order chi connectivity index (χ1) is 9.75. The summed E-state index contributed by atoms with van der Waals surface area (Å²) in [6.45, 7) is 15.1. The van der Waals surface area contributed by atoms with Crippen molar-refractivity contribution in [3.63, 3.8) is 0 Å². The molecule has 5 nitrogen and oxygen atoms in total. The Hall–Kier alpha value is -1.36. The number of anilines is 2. The van der Waals surface area contributed by atoms with Crippen LogP contribution in [0, 0.1) is 6.92 Å². The minimum absolute atomic E-state index is 0.0439. The Bertz CT molecular complexity index is 502. The summed E-state index contributed by atoms with van der Waals surface area (Å²) in [5.74, 6) is 2.69. The van der Waals surface area contributed by atoms with Crippen molar-refractivity contribution in [3.05, 3.63) is 11.4 Å². The van der Waals surface area contributed by atoms with Crippen LogP contribution < -0.4 is 10.6 Å². The Morgan fingerprint density at radius 2 is 1.90 bits per heavy atom. The van der Waals surface area contributed by atoms with Gasteiger partial charge in [-0.2, -0.15) is 0 Å². The molecule has 0 bridgehead atoms. The highest BCUT2D eigenvalue weighted by Gasteiger charge is 2.31.